The van der Waals surface area contributed by atoms with Crippen LogP contribution in [0.25, 0.3) is 0 Å². The second kappa shape index (κ2) is 9.31. The van der Waals surface area contributed by atoms with E-state index in [-0.39, 0.29) is 6.09 Å². The van der Waals surface area contributed by atoms with Gasteiger partial charge in [-0.25, -0.2) is 4.79 Å². The van der Waals surface area contributed by atoms with Gasteiger partial charge in [0.05, 0.1) is 5.02 Å². The third-order valence-electron chi connectivity index (χ3n) is 4.81. The van der Waals surface area contributed by atoms with Crippen molar-refractivity contribution in [3.8, 4) is 0 Å². The van der Waals surface area contributed by atoms with Crippen LogP contribution in [-0.4, -0.2) is 40.8 Å². The molecule has 1 aliphatic rings. The summed E-state index contributed by atoms with van der Waals surface area (Å²) in [5, 5.41) is 9.60. The molecule has 0 radical (unpaired) electrons. The highest BCUT2D eigenvalue weighted by Crippen LogP contribution is 2.42. The minimum absolute atomic E-state index is 0.330. The lowest BCUT2D eigenvalue weighted by Crippen LogP contribution is -2.38. The van der Waals surface area contributed by atoms with Gasteiger partial charge in [-0.2, -0.15) is 0 Å². The maximum atomic E-state index is 12.5. The molecule has 0 bridgehead atoms. The van der Waals surface area contributed by atoms with Crippen LogP contribution < -0.4 is 0 Å². The number of carboxylic acid groups (broad SMARTS) is 1. The quantitative estimate of drug-likeness (QED) is 0.618. The molecule has 160 valence electrons. The van der Waals surface area contributed by atoms with Gasteiger partial charge < -0.3 is 14.7 Å². The molecule has 1 unspecified atom stereocenters. The fourth-order valence-corrected chi connectivity index (χ4v) is 4.90. The summed E-state index contributed by atoms with van der Waals surface area (Å²) in [4.78, 5) is 27.0. The lowest BCUT2D eigenvalue weighted by molar-refractivity contribution is -0.136. The number of amides is 1. The van der Waals surface area contributed by atoms with E-state index in [1.807, 2.05) is 63.2 Å². The summed E-state index contributed by atoms with van der Waals surface area (Å²) in [6.07, 6.45) is 0.935. The molecule has 5 nitrogen and oxygen atoms in total. The molecule has 2 aromatic carbocycles. The van der Waals surface area contributed by atoms with E-state index in [1.165, 1.54) is 11.8 Å². The van der Waals surface area contributed by atoms with Crippen LogP contribution in [0.5, 0.6) is 0 Å². The number of hydrogen-bond donors (Lipinski definition) is 1. The molecule has 0 spiro atoms. The van der Waals surface area contributed by atoms with Crippen molar-refractivity contribution in [2.45, 2.75) is 49.4 Å². The van der Waals surface area contributed by atoms with Gasteiger partial charge in [-0.3, -0.25) is 4.79 Å². The summed E-state index contributed by atoms with van der Waals surface area (Å²) < 4.78 is 5.52. The Hall–Kier alpha value is -2.18. The molecule has 1 N–H and O–H groups in total. The van der Waals surface area contributed by atoms with E-state index < -0.39 is 16.8 Å². The van der Waals surface area contributed by atoms with E-state index in [4.69, 9.17) is 16.3 Å². The SMILES string of the molecule is CC(C)(C)OC(=O)N1CCc2ccc(Cl)c(SC(C(=O)O)c3ccccc3)c2CC1. The summed E-state index contributed by atoms with van der Waals surface area (Å²) in [7, 11) is 0. The molecule has 0 aliphatic carbocycles. The summed E-state index contributed by atoms with van der Waals surface area (Å²) in [5.74, 6) is -0.913. The van der Waals surface area contributed by atoms with Gasteiger partial charge in [0.25, 0.3) is 0 Å². The minimum Gasteiger partial charge on any atom is -0.480 e. The van der Waals surface area contributed by atoms with Crippen molar-refractivity contribution in [2.24, 2.45) is 0 Å². The van der Waals surface area contributed by atoms with Crippen molar-refractivity contribution in [2.75, 3.05) is 13.1 Å². The first-order valence-corrected chi connectivity index (χ1v) is 11.1. The summed E-state index contributed by atoms with van der Waals surface area (Å²) in [5.41, 5.74) is 2.27. The zero-order valence-corrected chi connectivity index (χ0v) is 18.9. The zero-order valence-electron chi connectivity index (χ0n) is 17.4. The topological polar surface area (TPSA) is 66.8 Å². The Morgan fingerprint density at radius 2 is 1.77 bits per heavy atom. The molecule has 1 heterocycles. The monoisotopic (exact) mass is 447 g/mol. The normalized spacial score (nSPS) is 15.1. The summed E-state index contributed by atoms with van der Waals surface area (Å²) in [6.45, 7) is 6.60. The molecule has 1 amide bonds. The molecule has 1 aliphatic heterocycles. The number of carbonyl (C=O) groups excluding carboxylic acids is 1. The van der Waals surface area contributed by atoms with Gasteiger partial charge >= 0.3 is 12.1 Å². The van der Waals surface area contributed by atoms with Gasteiger partial charge in [-0.1, -0.05) is 48.0 Å². The molecule has 30 heavy (non-hydrogen) atoms. The second-order valence-corrected chi connectivity index (χ2v) is 9.75. The van der Waals surface area contributed by atoms with Crippen molar-refractivity contribution in [3.63, 3.8) is 0 Å². The molecule has 7 heteroatoms. The van der Waals surface area contributed by atoms with E-state index in [0.29, 0.717) is 36.5 Å². The Bertz CT molecular complexity index is 927. The summed E-state index contributed by atoms with van der Waals surface area (Å²) in [6, 6.07) is 12.9. The first-order valence-electron chi connectivity index (χ1n) is 9.88. The van der Waals surface area contributed by atoms with Crippen molar-refractivity contribution in [1.82, 2.24) is 4.90 Å². The number of carbonyl (C=O) groups is 2. The third-order valence-corrected chi connectivity index (χ3v) is 6.64. The molecule has 2 aromatic rings. The van der Waals surface area contributed by atoms with Crippen LogP contribution in [-0.2, 0) is 22.4 Å². The second-order valence-electron chi connectivity index (χ2n) is 8.23. The third kappa shape index (κ3) is 5.49. The largest absolute Gasteiger partial charge is 0.480 e. The van der Waals surface area contributed by atoms with E-state index in [2.05, 4.69) is 0 Å². The van der Waals surface area contributed by atoms with Crippen LogP contribution in [0.3, 0.4) is 0 Å². The van der Waals surface area contributed by atoms with Crippen LogP contribution in [0.15, 0.2) is 47.4 Å². The highest BCUT2D eigenvalue weighted by atomic mass is 35.5. The van der Waals surface area contributed by atoms with Gasteiger partial charge in [0.15, 0.2) is 0 Å². The molecule has 1 atom stereocenters. The van der Waals surface area contributed by atoms with Gasteiger partial charge in [-0.05, 0) is 56.4 Å². The number of benzene rings is 2. The molecule has 0 saturated heterocycles. The van der Waals surface area contributed by atoms with Crippen LogP contribution in [0, 0.1) is 0 Å². The highest BCUT2D eigenvalue weighted by Gasteiger charge is 2.28. The van der Waals surface area contributed by atoms with Gasteiger partial charge in [-0.15, -0.1) is 11.8 Å². The number of aliphatic carboxylic acids is 1. The zero-order chi connectivity index (χ0) is 21.9. The van der Waals surface area contributed by atoms with Crippen LogP contribution in [0.1, 0.15) is 42.7 Å². The number of rotatable bonds is 4. The number of fused-ring (bicyclic) bond motifs is 1. The summed E-state index contributed by atoms with van der Waals surface area (Å²) >= 11 is 7.77. The molecular weight excluding hydrogens is 422 g/mol. The predicted octanol–water partition coefficient (Wildman–Crippen LogP) is 5.59. The maximum absolute atomic E-state index is 12.5. The lowest BCUT2D eigenvalue weighted by Gasteiger charge is -2.26. The molecular formula is C23H26ClNO4S. The number of ether oxygens (including phenoxy) is 1. The number of nitrogens with zero attached hydrogens (tertiary/aromatic N) is 1. The van der Waals surface area contributed by atoms with Gasteiger partial charge in [0.2, 0.25) is 0 Å². The Kier molecular flexibility index (Phi) is 6.98. The maximum Gasteiger partial charge on any atom is 0.410 e. The number of thioether (sulfide) groups is 1. The molecule has 0 saturated carbocycles. The van der Waals surface area contributed by atoms with Crippen molar-refractivity contribution in [3.05, 3.63) is 64.2 Å². The first kappa shape index (κ1) is 22.5. The molecule has 3 rings (SSSR count). The number of carboxylic acids is 1. The number of halogens is 1. The van der Waals surface area contributed by atoms with E-state index >= 15 is 0 Å². The Labute approximate surface area is 186 Å². The smallest absolute Gasteiger partial charge is 0.410 e. The molecule has 0 aromatic heterocycles. The highest BCUT2D eigenvalue weighted by molar-refractivity contribution is 8.00. The van der Waals surface area contributed by atoms with E-state index in [9.17, 15) is 14.7 Å². The van der Waals surface area contributed by atoms with Crippen LogP contribution >= 0.6 is 23.4 Å². The van der Waals surface area contributed by atoms with E-state index in [0.717, 1.165) is 16.0 Å². The number of hydrogen-bond acceptors (Lipinski definition) is 4. The van der Waals surface area contributed by atoms with Crippen LogP contribution in [0.2, 0.25) is 5.02 Å². The fourth-order valence-electron chi connectivity index (χ4n) is 3.41. The van der Waals surface area contributed by atoms with Gasteiger partial charge in [0.1, 0.15) is 10.9 Å². The Balaban J connectivity index is 1.86. The average molecular weight is 448 g/mol. The minimum atomic E-state index is -0.913. The van der Waals surface area contributed by atoms with Crippen molar-refractivity contribution >= 4 is 35.4 Å². The molecule has 0 fully saturated rings. The van der Waals surface area contributed by atoms with Crippen LogP contribution in [0.4, 0.5) is 4.79 Å². The predicted molar refractivity (Wildman–Crippen MR) is 119 cm³/mol. The Morgan fingerprint density at radius 3 is 2.40 bits per heavy atom. The van der Waals surface area contributed by atoms with Crippen molar-refractivity contribution in [1.29, 1.82) is 0 Å². The lowest BCUT2D eigenvalue weighted by atomic mass is 10.0. The fraction of sp³-hybridized carbons (Fsp3) is 0.391. The average Bonchev–Trinajstić information content (AvgIpc) is 2.89. The standard InChI is InChI=1S/C23H26ClNO4S/c1-23(2,3)29-22(28)25-13-11-15-9-10-18(24)20(17(15)12-14-25)30-19(21(26)27)16-7-5-4-6-8-16/h4-10,19H,11-14H2,1-3H3,(H,26,27). The van der Waals surface area contributed by atoms with E-state index in [1.54, 1.807) is 4.90 Å². The van der Waals surface area contributed by atoms with Crippen molar-refractivity contribution < 1.29 is 19.4 Å². The first-order chi connectivity index (χ1) is 14.2. The van der Waals surface area contributed by atoms with Gasteiger partial charge in [0, 0.05) is 18.0 Å². The Morgan fingerprint density at radius 1 is 1.10 bits per heavy atom.